The summed E-state index contributed by atoms with van der Waals surface area (Å²) < 4.78 is 19.2. The lowest BCUT2D eigenvalue weighted by Gasteiger charge is -2.21. The number of nitrogens with one attached hydrogen (secondary N) is 1. The maximum atomic E-state index is 13.9. The third kappa shape index (κ3) is 5.64. The summed E-state index contributed by atoms with van der Waals surface area (Å²) in [6, 6.07) is 5.48. The fourth-order valence-electron chi connectivity index (χ4n) is 2.28. The van der Waals surface area contributed by atoms with E-state index in [1.807, 2.05) is 6.92 Å². The Morgan fingerprint density at radius 1 is 1.24 bits per heavy atom. The molecular formula is C17H29FN2O. The fourth-order valence-corrected chi connectivity index (χ4v) is 2.28. The van der Waals surface area contributed by atoms with Crippen LogP contribution in [0, 0.1) is 5.82 Å². The average molecular weight is 296 g/mol. The Bertz CT molecular complexity index is 423. The molecule has 1 aromatic rings. The molecule has 120 valence electrons. The molecule has 0 saturated carbocycles. The smallest absolute Gasteiger partial charge is 0.131 e. The van der Waals surface area contributed by atoms with Gasteiger partial charge in [0.25, 0.3) is 0 Å². The molecule has 0 saturated heterocycles. The Morgan fingerprint density at radius 3 is 2.57 bits per heavy atom. The van der Waals surface area contributed by atoms with Crippen LogP contribution in [0.4, 0.5) is 4.39 Å². The van der Waals surface area contributed by atoms with Crippen LogP contribution in [-0.4, -0.2) is 38.2 Å². The largest absolute Gasteiger partial charge is 0.496 e. The summed E-state index contributed by atoms with van der Waals surface area (Å²) in [5.41, 5.74) is 0.610. The first-order valence-electron chi connectivity index (χ1n) is 7.73. The number of rotatable bonds is 9. The van der Waals surface area contributed by atoms with E-state index in [0.29, 0.717) is 17.4 Å². The van der Waals surface area contributed by atoms with E-state index in [4.69, 9.17) is 4.74 Å². The van der Waals surface area contributed by atoms with Crippen molar-refractivity contribution in [2.45, 2.75) is 45.7 Å². The average Bonchev–Trinajstić information content (AvgIpc) is 2.45. The summed E-state index contributed by atoms with van der Waals surface area (Å²) in [7, 11) is 3.72. The Kier molecular flexibility index (Phi) is 7.68. The maximum absolute atomic E-state index is 13.9. The standard InChI is InChI=1S/C17H29FN2O/c1-13(2)20(4)12-7-6-11-19-14(3)17-15(18)9-8-10-16(17)21-5/h8-10,13-14,19H,6-7,11-12H2,1-5H3. The molecule has 0 bridgehead atoms. The van der Waals surface area contributed by atoms with Gasteiger partial charge in [-0.3, -0.25) is 0 Å². The molecule has 0 heterocycles. The van der Waals surface area contributed by atoms with Gasteiger partial charge in [-0.05, 0) is 65.9 Å². The first-order valence-corrected chi connectivity index (χ1v) is 7.73. The number of unbranched alkanes of at least 4 members (excludes halogenated alkanes) is 1. The van der Waals surface area contributed by atoms with Gasteiger partial charge in [0, 0.05) is 17.6 Å². The number of hydrogen-bond donors (Lipinski definition) is 1. The summed E-state index contributed by atoms with van der Waals surface area (Å²) in [5.74, 6) is 0.392. The highest BCUT2D eigenvalue weighted by atomic mass is 19.1. The van der Waals surface area contributed by atoms with Crippen molar-refractivity contribution in [2.24, 2.45) is 0 Å². The lowest BCUT2D eigenvalue weighted by atomic mass is 10.1. The molecule has 0 aromatic heterocycles. The normalized spacial score (nSPS) is 13.0. The number of benzene rings is 1. The maximum Gasteiger partial charge on any atom is 0.131 e. The second-order valence-corrected chi connectivity index (χ2v) is 5.81. The summed E-state index contributed by atoms with van der Waals surface area (Å²) >= 11 is 0. The van der Waals surface area contributed by atoms with Gasteiger partial charge >= 0.3 is 0 Å². The van der Waals surface area contributed by atoms with Gasteiger partial charge in [0.1, 0.15) is 11.6 Å². The van der Waals surface area contributed by atoms with Gasteiger partial charge in [0.2, 0.25) is 0 Å². The molecule has 0 aliphatic heterocycles. The van der Waals surface area contributed by atoms with Crippen molar-refractivity contribution in [1.82, 2.24) is 10.2 Å². The highest BCUT2D eigenvalue weighted by molar-refractivity contribution is 5.36. The molecule has 1 unspecified atom stereocenters. The van der Waals surface area contributed by atoms with Crippen molar-refractivity contribution in [3.05, 3.63) is 29.6 Å². The number of hydrogen-bond acceptors (Lipinski definition) is 3. The number of ether oxygens (including phenoxy) is 1. The number of methoxy groups -OCH3 is 1. The van der Waals surface area contributed by atoms with E-state index in [-0.39, 0.29) is 11.9 Å². The zero-order valence-corrected chi connectivity index (χ0v) is 13.9. The molecule has 1 aromatic carbocycles. The van der Waals surface area contributed by atoms with Gasteiger partial charge < -0.3 is 15.0 Å². The van der Waals surface area contributed by atoms with Crippen molar-refractivity contribution in [1.29, 1.82) is 0 Å². The molecule has 3 nitrogen and oxygen atoms in total. The second-order valence-electron chi connectivity index (χ2n) is 5.81. The van der Waals surface area contributed by atoms with E-state index in [2.05, 4.69) is 31.1 Å². The minimum atomic E-state index is -0.214. The van der Waals surface area contributed by atoms with E-state index in [0.717, 1.165) is 25.9 Å². The van der Waals surface area contributed by atoms with Gasteiger partial charge in [-0.25, -0.2) is 4.39 Å². The lowest BCUT2D eigenvalue weighted by molar-refractivity contribution is 0.267. The molecule has 0 radical (unpaired) electrons. The van der Waals surface area contributed by atoms with Gasteiger partial charge in [0.05, 0.1) is 7.11 Å². The van der Waals surface area contributed by atoms with Crippen LogP contribution >= 0.6 is 0 Å². The molecule has 1 rings (SSSR count). The minimum Gasteiger partial charge on any atom is -0.496 e. The molecule has 0 fully saturated rings. The van der Waals surface area contributed by atoms with Gasteiger partial charge in [-0.2, -0.15) is 0 Å². The lowest BCUT2D eigenvalue weighted by Crippen LogP contribution is -2.28. The molecule has 21 heavy (non-hydrogen) atoms. The third-order valence-corrected chi connectivity index (χ3v) is 3.94. The van der Waals surface area contributed by atoms with E-state index >= 15 is 0 Å². The van der Waals surface area contributed by atoms with Crippen LogP contribution in [0.15, 0.2) is 18.2 Å². The van der Waals surface area contributed by atoms with E-state index in [1.165, 1.54) is 6.07 Å². The number of halogens is 1. The predicted octanol–water partition coefficient (Wildman–Crippen LogP) is 3.61. The zero-order valence-electron chi connectivity index (χ0n) is 13.9. The van der Waals surface area contributed by atoms with Gasteiger partial charge in [0.15, 0.2) is 0 Å². The molecular weight excluding hydrogens is 267 g/mol. The monoisotopic (exact) mass is 296 g/mol. The molecule has 4 heteroatoms. The van der Waals surface area contributed by atoms with Crippen LogP contribution in [0.25, 0.3) is 0 Å². The van der Waals surface area contributed by atoms with Crippen LogP contribution in [0.5, 0.6) is 5.75 Å². The number of nitrogens with zero attached hydrogens (tertiary/aromatic N) is 1. The van der Waals surface area contributed by atoms with E-state index in [1.54, 1.807) is 19.2 Å². The highest BCUT2D eigenvalue weighted by Gasteiger charge is 2.15. The fraction of sp³-hybridized carbons (Fsp3) is 0.647. The first-order chi connectivity index (χ1) is 9.97. The summed E-state index contributed by atoms with van der Waals surface area (Å²) in [4.78, 5) is 2.34. The topological polar surface area (TPSA) is 24.5 Å². The minimum absolute atomic E-state index is 0.0519. The molecule has 0 aliphatic rings. The van der Waals surface area contributed by atoms with Crippen LogP contribution < -0.4 is 10.1 Å². The van der Waals surface area contributed by atoms with Gasteiger partial charge in [-0.15, -0.1) is 0 Å². The highest BCUT2D eigenvalue weighted by Crippen LogP contribution is 2.27. The van der Waals surface area contributed by atoms with Crippen LogP contribution in [0.3, 0.4) is 0 Å². The molecule has 0 amide bonds. The first kappa shape index (κ1) is 17.9. The van der Waals surface area contributed by atoms with Crippen molar-refractivity contribution in [2.75, 3.05) is 27.2 Å². The molecule has 0 spiro atoms. The summed E-state index contributed by atoms with van der Waals surface area (Å²) in [6.45, 7) is 8.35. The summed E-state index contributed by atoms with van der Waals surface area (Å²) in [6.07, 6.45) is 2.22. The van der Waals surface area contributed by atoms with Crippen molar-refractivity contribution < 1.29 is 9.13 Å². The Labute approximate surface area is 128 Å². The van der Waals surface area contributed by atoms with E-state index in [9.17, 15) is 4.39 Å². The second kappa shape index (κ2) is 9.00. The Balaban J connectivity index is 2.39. The van der Waals surface area contributed by atoms with Crippen molar-refractivity contribution in [3.63, 3.8) is 0 Å². The quantitative estimate of drug-likeness (QED) is 0.705. The summed E-state index contributed by atoms with van der Waals surface area (Å²) in [5, 5.41) is 3.38. The van der Waals surface area contributed by atoms with Crippen molar-refractivity contribution in [3.8, 4) is 5.75 Å². The predicted molar refractivity (Wildman–Crippen MR) is 86.4 cm³/mol. The van der Waals surface area contributed by atoms with Crippen LogP contribution in [-0.2, 0) is 0 Å². The molecule has 1 N–H and O–H groups in total. The van der Waals surface area contributed by atoms with Crippen LogP contribution in [0.2, 0.25) is 0 Å². The Morgan fingerprint density at radius 2 is 1.95 bits per heavy atom. The zero-order chi connectivity index (χ0) is 15.8. The van der Waals surface area contributed by atoms with Crippen molar-refractivity contribution >= 4 is 0 Å². The van der Waals surface area contributed by atoms with Crippen LogP contribution in [0.1, 0.15) is 45.2 Å². The Hall–Kier alpha value is -1.13. The third-order valence-electron chi connectivity index (χ3n) is 3.94. The molecule has 1 atom stereocenters. The van der Waals surface area contributed by atoms with Gasteiger partial charge in [-0.1, -0.05) is 6.07 Å². The SMILES string of the molecule is COc1cccc(F)c1C(C)NCCCCN(C)C(C)C. The van der Waals surface area contributed by atoms with E-state index < -0.39 is 0 Å². The molecule has 0 aliphatic carbocycles.